The minimum absolute atomic E-state index is 0.0275. The minimum Gasteiger partial charge on any atom is -0.390 e. The first-order valence-corrected chi connectivity index (χ1v) is 6.06. The lowest BCUT2D eigenvalue weighted by Gasteiger charge is -2.17. The number of nitrogens with two attached hydrogens (primary N) is 1. The quantitative estimate of drug-likeness (QED) is 0.499. The van der Waals surface area contributed by atoms with E-state index in [-0.39, 0.29) is 17.5 Å². The van der Waals surface area contributed by atoms with Crippen LogP contribution in [0, 0.1) is 0 Å². The number of halogens is 1. The second kappa shape index (κ2) is 4.27. The predicted molar refractivity (Wildman–Crippen MR) is 66.4 cm³/mol. The van der Waals surface area contributed by atoms with Crippen LogP contribution in [0.25, 0.3) is 11.2 Å². The van der Waals surface area contributed by atoms with E-state index in [1.54, 1.807) is 4.57 Å². The lowest BCUT2D eigenvalue weighted by molar-refractivity contribution is -0.0244. The molecule has 0 bridgehead atoms. The van der Waals surface area contributed by atoms with Crippen molar-refractivity contribution >= 4 is 28.6 Å². The molecule has 9 heteroatoms. The number of anilines is 1. The van der Waals surface area contributed by atoms with Crippen LogP contribution in [0.15, 0.2) is 6.33 Å². The number of aliphatic hydroxyl groups excluding tert-OH is 3. The lowest BCUT2D eigenvalue weighted by Crippen LogP contribution is -2.31. The van der Waals surface area contributed by atoms with Crippen molar-refractivity contribution in [3.63, 3.8) is 0 Å². The molecule has 19 heavy (non-hydrogen) atoms. The van der Waals surface area contributed by atoms with Gasteiger partial charge in [0.05, 0.1) is 18.5 Å². The molecule has 1 saturated carbocycles. The van der Waals surface area contributed by atoms with E-state index in [1.807, 2.05) is 0 Å². The number of imidazole rings is 1. The smallest absolute Gasteiger partial charge is 0.226 e. The third-order valence-electron chi connectivity index (χ3n) is 3.40. The van der Waals surface area contributed by atoms with Gasteiger partial charge in [0.2, 0.25) is 5.28 Å². The van der Waals surface area contributed by atoms with Gasteiger partial charge < -0.3 is 25.6 Å². The van der Waals surface area contributed by atoms with Gasteiger partial charge in [-0.15, -0.1) is 0 Å². The maximum atomic E-state index is 9.93. The molecule has 1 unspecified atom stereocenters. The second-order valence-electron chi connectivity index (χ2n) is 4.55. The monoisotopic (exact) mass is 285 g/mol. The van der Waals surface area contributed by atoms with E-state index in [0.717, 1.165) is 0 Å². The summed E-state index contributed by atoms with van der Waals surface area (Å²) in [5.74, 6) is 0.141. The summed E-state index contributed by atoms with van der Waals surface area (Å²) < 4.78 is 1.54. The molecular weight excluding hydrogens is 274 g/mol. The highest BCUT2D eigenvalue weighted by atomic mass is 35.5. The van der Waals surface area contributed by atoms with Crippen molar-refractivity contribution in [3.8, 4) is 0 Å². The number of nitrogen functional groups attached to an aromatic ring is 1. The molecular formula is C10H12ClN5O3. The number of nitrogens with zero attached hydrogens (tertiary/aromatic N) is 4. The van der Waals surface area contributed by atoms with Gasteiger partial charge in [-0.3, -0.25) is 0 Å². The molecule has 0 spiro atoms. The molecule has 3 rings (SSSR count). The van der Waals surface area contributed by atoms with Crippen LogP contribution in [0.2, 0.25) is 5.28 Å². The molecule has 2 aromatic heterocycles. The van der Waals surface area contributed by atoms with Gasteiger partial charge in [-0.05, 0) is 18.0 Å². The summed E-state index contributed by atoms with van der Waals surface area (Å²) in [4.78, 5) is 11.9. The van der Waals surface area contributed by atoms with Crippen LogP contribution in [0.1, 0.15) is 12.5 Å². The van der Waals surface area contributed by atoms with Crippen LogP contribution >= 0.6 is 11.6 Å². The maximum absolute atomic E-state index is 9.93. The van der Waals surface area contributed by atoms with Crippen LogP contribution < -0.4 is 5.73 Å². The van der Waals surface area contributed by atoms with Gasteiger partial charge >= 0.3 is 0 Å². The van der Waals surface area contributed by atoms with Crippen LogP contribution in [0.3, 0.4) is 0 Å². The van der Waals surface area contributed by atoms with Gasteiger partial charge in [0.1, 0.15) is 17.7 Å². The Balaban J connectivity index is 2.11. The van der Waals surface area contributed by atoms with Crippen LogP contribution in [-0.2, 0) is 0 Å². The Labute approximate surface area is 112 Å². The topological polar surface area (TPSA) is 130 Å². The first kappa shape index (κ1) is 12.5. The zero-order valence-electron chi connectivity index (χ0n) is 9.68. The molecule has 0 aromatic carbocycles. The first-order chi connectivity index (χ1) is 8.99. The summed E-state index contributed by atoms with van der Waals surface area (Å²) in [6, 6.07) is -0.541. The van der Waals surface area contributed by atoms with Crippen LogP contribution in [0.5, 0.6) is 0 Å². The van der Waals surface area contributed by atoms with E-state index in [2.05, 4.69) is 15.0 Å². The maximum Gasteiger partial charge on any atom is 0.226 e. The van der Waals surface area contributed by atoms with Crippen molar-refractivity contribution in [2.75, 3.05) is 5.73 Å². The molecule has 5 N–H and O–H groups in total. The number of aromatic nitrogens is 4. The number of hydrogen-bond acceptors (Lipinski definition) is 7. The summed E-state index contributed by atoms with van der Waals surface area (Å²) in [5.41, 5.74) is 6.42. The van der Waals surface area contributed by atoms with Gasteiger partial charge in [-0.25, -0.2) is 4.98 Å². The van der Waals surface area contributed by atoms with Crippen LogP contribution in [-0.4, -0.2) is 53.2 Å². The minimum atomic E-state index is -1.20. The molecule has 1 aliphatic carbocycles. The SMILES string of the molecule is Nc1nc(Cl)nc2c1ncn2[C@@H]1C[C@H](O)[C@H](O)C1O. The van der Waals surface area contributed by atoms with E-state index >= 15 is 0 Å². The average molecular weight is 286 g/mol. The van der Waals surface area contributed by atoms with Crippen LogP contribution in [0.4, 0.5) is 5.82 Å². The first-order valence-electron chi connectivity index (χ1n) is 5.68. The lowest BCUT2D eigenvalue weighted by atomic mass is 10.2. The number of aliphatic hydroxyl groups is 3. The summed E-state index contributed by atoms with van der Waals surface area (Å²) in [7, 11) is 0. The van der Waals surface area contributed by atoms with Crippen molar-refractivity contribution in [1.82, 2.24) is 19.5 Å². The Morgan fingerprint density at radius 2 is 2.00 bits per heavy atom. The Hall–Kier alpha value is -1.48. The normalized spacial score (nSPS) is 31.2. The molecule has 1 fully saturated rings. The third-order valence-corrected chi connectivity index (χ3v) is 3.57. The molecule has 1 aliphatic rings. The number of fused-ring (bicyclic) bond motifs is 1. The summed E-state index contributed by atoms with van der Waals surface area (Å²) in [5, 5.41) is 29.1. The largest absolute Gasteiger partial charge is 0.390 e. The molecule has 4 atom stereocenters. The van der Waals surface area contributed by atoms with Gasteiger partial charge in [0.15, 0.2) is 11.5 Å². The predicted octanol–water partition coefficient (Wildman–Crippen LogP) is -0.911. The fraction of sp³-hybridized carbons (Fsp3) is 0.500. The molecule has 102 valence electrons. The zero-order chi connectivity index (χ0) is 13.7. The van der Waals surface area contributed by atoms with Crippen molar-refractivity contribution in [2.45, 2.75) is 30.8 Å². The van der Waals surface area contributed by atoms with E-state index in [9.17, 15) is 15.3 Å². The molecule has 0 saturated heterocycles. The highest BCUT2D eigenvalue weighted by Gasteiger charge is 2.42. The molecule has 2 aromatic rings. The summed E-state index contributed by atoms with van der Waals surface area (Å²) in [6.45, 7) is 0. The highest BCUT2D eigenvalue weighted by Crippen LogP contribution is 2.33. The Bertz CT molecular complexity index is 633. The molecule has 2 heterocycles. The average Bonchev–Trinajstić information content (AvgIpc) is 2.86. The van der Waals surface area contributed by atoms with Gasteiger partial charge in [-0.2, -0.15) is 9.97 Å². The van der Waals surface area contributed by atoms with E-state index in [1.165, 1.54) is 6.33 Å². The Morgan fingerprint density at radius 3 is 2.63 bits per heavy atom. The van der Waals surface area contributed by atoms with Gasteiger partial charge in [0, 0.05) is 0 Å². The van der Waals surface area contributed by atoms with E-state index in [0.29, 0.717) is 11.2 Å². The van der Waals surface area contributed by atoms with E-state index < -0.39 is 24.4 Å². The van der Waals surface area contributed by atoms with Crippen molar-refractivity contribution in [2.24, 2.45) is 0 Å². The molecule has 8 nitrogen and oxygen atoms in total. The third kappa shape index (κ3) is 1.84. The van der Waals surface area contributed by atoms with Crippen molar-refractivity contribution in [3.05, 3.63) is 11.6 Å². The molecule has 0 radical (unpaired) electrons. The zero-order valence-corrected chi connectivity index (χ0v) is 10.4. The highest BCUT2D eigenvalue weighted by molar-refractivity contribution is 6.28. The van der Waals surface area contributed by atoms with Crippen molar-refractivity contribution < 1.29 is 15.3 Å². The van der Waals surface area contributed by atoms with E-state index in [4.69, 9.17) is 17.3 Å². The second-order valence-corrected chi connectivity index (χ2v) is 4.89. The number of hydrogen-bond donors (Lipinski definition) is 4. The van der Waals surface area contributed by atoms with Gasteiger partial charge in [0.25, 0.3) is 0 Å². The fourth-order valence-corrected chi connectivity index (χ4v) is 2.58. The summed E-state index contributed by atoms with van der Waals surface area (Å²) >= 11 is 5.75. The Kier molecular flexibility index (Phi) is 2.82. The molecule has 0 amide bonds. The van der Waals surface area contributed by atoms with Crippen molar-refractivity contribution in [1.29, 1.82) is 0 Å². The standard InChI is InChI=1S/C10H12ClN5O3/c11-10-14-8(12)5-9(15-10)16(2-13-5)3-1-4(17)7(19)6(3)18/h2-4,6-7,17-19H,1H2,(H2,12,14,15)/t3-,4+,6?,7+/m1/s1. The molecule has 0 aliphatic heterocycles. The van der Waals surface area contributed by atoms with Gasteiger partial charge in [-0.1, -0.05) is 0 Å². The number of rotatable bonds is 1. The summed E-state index contributed by atoms with van der Waals surface area (Å²) in [6.07, 6.45) is -1.67. The fourth-order valence-electron chi connectivity index (χ4n) is 2.41. The Morgan fingerprint density at radius 1 is 1.26 bits per heavy atom.